The van der Waals surface area contributed by atoms with Crippen LogP contribution < -0.4 is 0 Å². The maximum atomic E-state index is 2.41. The van der Waals surface area contributed by atoms with Gasteiger partial charge in [0, 0.05) is 0 Å². The Kier molecular flexibility index (Phi) is 6.51. The Hall–Kier alpha value is 0. The summed E-state index contributed by atoms with van der Waals surface area (Å²) in [6.07, 6.45) is 5.43. The van der Waals surface area contributed by atoms with Crippen LogP contribution in [0.5, 0.6) is 0 Å². The van der Waals surface area contributed by atoms with E-state index in [9.17, 15) is 0 Å². The third kappa shape index (κ3) is 3.16. The predicted octanol–water partition coefficient (Wildman–Crippen LogP) is 4.49. The average molecular weight is 170 g/mol. The largest absolute Gasteiger partial charge is 0.0651 e. The van der Waals surface area contributed by atoms with Gasteiger partial charge in [-0.3, -0.25) is 0 Å². The second-order valence-electron chi connectivity index (χ2n) is 4.03. The van der Waals surface area contributed by atoms with Gasteiger partial charge in [0.15, 0.2) is 0 Å². The van der Waals surface area contributed by atoms with Gasteiger partial charge >= 0.3 is 0 Å². The average Bonchev–Trinajstić information content (AvgIpc) is 2.12. The summed E-state index contributed by atoms with van der Waals surface area (Å²) in [6.45, 7) is 11.7. The molecule has 0 aromatic rings. The molecular formula is C12H26. The van der Waals surface area contributed by atoms with Crippen molar-refractivity contribution >= 4 is 0 Å². The topological polar surface area (TPSA) is 0 Å². The van der Waals surface area contributed by atoms with Gasteiger partial charge in [-0.25, -0.2) is 0 Å². The van der Waals surface area contributed by atoms with Crippen molar-refractivity contribution in [2.24, 2.45) is 17.8 Å². The second kappa shape index (κ2) is 6.51. The summed E-state index contributed by atoms with van der Waals surface area (Å²) in [4.78, 5) is 0. The molecule has 0 saturated heterocycles. The Morgan fingerprint density at radius 1 is 0.750 bits per heavy atom. The molecule has 0 heterocycles. The van der Waals surface area contributed by atoms with Crippen molar-refractivity contribution in [3.63, 3.8) is 0 Å². The first-order valence-electron chi connectivity index (χ1n) is 5.71. The Morgan fingerprint density at radius 3 is 1.50 bits per heavy atom. The van der Waals surface area contributed by atoms with Gasteiger partial charge < -0.3 is 0 Å². The predicted molar refractivity (Wildman–Crippen MR) is 57.3 cm³/mol. The normalized spacial score (nSPS) is 16.5. The number of hydrogen-bond acceptors (Lipinski definition) is 0. The molecule has 0 amide bonds. The maximum Gasteiger partial charge on any atom is -0.0363 e. The molecule has 0 radical (unpaired) electrons. The van der Waals surface area contributed by atoms with Gasteiger partial charge in [-0.2, -0.15) is 0 Å². The first-order valence-corrected chi connectivity index (χ1v) is 5.71. The zero-order valence-corrected chi connectivity index (χ0v) is 9.56. The van der Waals surface area contributed by atoms with Crippen LogP contribution in [0.25, 0.3) is 0 Å². The van der Waals surface area contributed by atoms with E-state index in [-0.39, 0.29) is 0 Å². The van der Waals surface area contributed by atoms with Crippen molar-refractivity contribution in [3.8, 4) is 0 Å². The fraction of sp³-hybridized carbons (Fsp3) is 1.00. The SMILES string of the molecule is CCC(C)C(CC)C(CC)CC. The Bertz CT molecular complexity index is 92.2. The molecule has 74 valence electrons. The van der Waals surface area contributed by atoms with E-state index in [4.69, 9.17) is 0 Å². The fourth-order valence-electron chi connectivity index (χ4n) is 2.40. The molecule has 0 aliphatic rings. The van der Waals surface area contributed by atoms with Crippen LogP contribution in [0.4, 0.5) is 0 Å². The van der Waals surface area contributed by atoms with Crippen molar-refractivity contribution in [1.82, 2.24) is 0 Å². The smallest absolute Gasteiger partial charge is 0.0363 e. The van der Waals surface area contributed by atoms with E-state index in [1.807, 2.05) is 0 Å². The summed E-state index contributed by atoms with van der Waals surface area (Å²) in [7, 11) is 0. The molecule has 0 nitrogen and oxygen atoms in total. The molecule has 0 rings (SSSR count). The Balaban J connectivity index is 4.09. The highest BCUT2D eigenvalue weighted by Gasteiger charge is 2.21. The molecule has 0 aliphatic heterocycles. The summed E-state index contributed by atoms with van der Waals surface area (Å²) in [5, 5.41) is 0. The molecule has 0 aliphatic carbocycles. The lowest BCUT2D eigenvalue weighted by Crippen LogP contribution is -2.19. The summed E-state index contributed by atoms with van der Waals surface area (Å²) in [5.41, 5.74) is 0. The van der Waals surface area contributed by atoms with Crippen LogP contribution in [0.1, 0.15) is 60.3 Å². The lowest BCUT2D eigenvalue weighted by Gasteiger charge is -2.29. The number of rotatable bonds is 6. The first-order chi connectivity index (χ1) is 5.71. The minimum Gasteiger partial charge on any atom is -0.0651 e. The van der Waals surface area contributed by atoms with E-state index in [0.717, 1.165) is 17.8 Å². The van der Waals surface area contributed by atoms with Crippen molar-refractivity contribution in [2.75, 3.05) is 0 Å². The highest BCUT2D eigenvalue weighted by atomic mass is 14.3. The molecule has 0 N–H and O–H groups in total. The van der Waals surface area contributed by atoms with Crippen LogP contribution >= 0.6 is 0 Å². The molecule has 0 spiro atoms. The van der Waals surface area contributed by atoms with Gasteiger partial charge in [0.25, 0.3) is 0 Å². The van der Waals surface area contributed by atoms with Crippen LogP contribution in [0.2, 0.25) is 0 Å². The summed E-state index contributed by atoms with van der Waals surface area (Å²) < 4.78 is 0. The molecule has 2 unspecified atom stereocenters. The van der Waals surface area contributed by atoms with Gasteiger partial charge in [0.05, 0.1) is 0 Å². The molecule has 0 aromatic carbocycles. The first kappa shape index (κ1) is 12.0. The molecule has 0 bridgehead atoms. The van der Waals surface area contributed by atoms with Crippen molar-refractivity contribution in [1.29, 1.82) is 0 Å². The zero-order valence-electron chi connectivity index (χ0n) is 9.56. The van der Waals surface area contributed by atoms with Crippen LogP contribution in [-0.2, 0) is 0 Å². The molecule has 0 heteroatoms. The van der Waals surface area contributed by atoms with Gasteiger partial charge in [0.1, 0.15) is 0 Å². The standard InChI is InChI=1S/C12H26/c1-6-10(5)12(9-4)11(7-2)8-3/h10-12H,6-9H2,1-5H3. The molecule has 0 saturated carbocycles. The van der Waals surface area contributed by atoms with Crippen LogP contribution in [0.15, 0.2) is 0 Å². The van der Waals surface area contributed by atoms with E-state index < -0.39 is 0 Å². The van der Waals surface area contributed by atoms with E-state index in [0.29, 0.717) is 0 Å². The highest BCUT2D eigenvalue weighted by molar-refractivity contribution is 4.71. The summed E-state index contributed by atoms with van der Waals surface area (Å²) >= 11 is 0. The molecule has 2 atom stereocenters. The van der Waals surface area contributed by atoms with Gasteiger partial charge in [-0.05, 0) is 17.8 Å². The van der Waals surface area contributed by atoms with E-state index >= 15 is 0 Å². The molecule has 12 heavy (non-hydrogen) atoms. The van der Waals surface area contributed by atoms with E-state index in [1.165, 1.54) is 25.7 Å². The summed E-state index contributed by atoms with van der Waals surface area (Å²) in [6, 6.07) is 0. The third-order valence-corrected chi connectivity index (χ3v) is 3.50. The van der Waals surface area contributed by atoms with Crippen LogP contribution in [0, 0.1) is 17.8 Å². The third-order valence-electron chi connectivity index (χ3n) is 3.50. The van der Waals surface area contributed by atoms with E-state index in [2.05, 4.69) is 34.6 Å². The number of hydrogen-bond donors (Lipinski definition) is 0. The fourth-order valence-corrected chi connectivity index (χ4v) is 2.40. The Morgan fingerprint density at radius 2 is 1.25 bits per heavy atom. The van der Waals surface area contributed by atoms with E-state index in [1.54, 1.807) is 0 Å². The molecule has 0 fully saturated rings. The van der Waals surface area contributed by atoms with Crippen molar-refractivity contribution < 1.29 is 0 Å². The van der Waals surface area contributed by atoms with Crippen LogP contribution in [0.3, 0.4) is 0 Å². The lowest BCUT2D eigenvalue weighted by atomic mass is 9.77. The quantitative estimate of drug-likeness (QED) is 0.551. The summed E-state index contributed by atoms with van der Waals surface area (Å²) in [5.74, 6) is 2.84. The van der Waals surface area contributed by atoms with Gasteiger partial charge in [-0.1, -0.05) is 60.3 Å². The monoisotopic (exact) mass is 170 g/mol. The molecular weight excluding hydrogens is 144 g/mol. The van der Waals surface area contributed by atoms with Gasteiger partial charge in [-0.15, -0.1) is 0 Å². The zero-order chi connectivity index (χ0) is 9.56. The van der Waals surface area contributed by atoms with Crippen LogP contribution in [-0.4, -0.2) is 0 Å². The van der Waals surface area contributed by atoms with Crippen molar-refractivity contribution in [3.05, 3.63) is 0 Å². The minimum atomic E-state index is 0.917. The van der Waals surface area contributed by atoms with Crippen molar-refractivity contribution in [2.45, 2.75) is 60.3 Å². The maximum absolute atomic E-state index is 2.41. The minimum absolute atomic E-state index is 0.917. The highest BCUT2D eigenvalue weighted by Crippen LogP contribution is 2.30. The molecule has 0 aromatic heterocycles. The second-order valence-corrected chi connectivity index (χ2v) is 4.03. The Labute approximate surface area is 78.8 Å². The van der Waals surface area contributed by atoms with Gasteiger partial charge in [0.2, 0.25) is 0 Å². The lowest BCUT2D eigenvalue weighted by molar-refractivity contribution is 0.214.